The lowest BCUT2D eigenvalue weighted by Gasteiger charge is -2.38. The maximum atomic E-state index is 12.8. The van der Waals surface area contributed by atoms with E-state index >= 15 is 0 Å². The van der Waals surface area contributed by atoms with Crippen LogP contribution < -0.4 is 4.74 Å². The normalized spacial score (nSPS) is 26.1. The van der Waals surface area contributed by atoms with Crippen LogP contribution in [0.3, 0.4) is 0 Å². The summed E-state index contributed by atoms with van der Waals surface area (Å²) < 4.78 is 6.08. The first-order chi connectivity index (χ1) is 11.3. The second-order valence-electron chi connectivity index (χ2n) is 6.23. The maximum absolute atomic E-state index is 12.8. The summed E-state index contributed by atoms with van der Waals surface area (Å²) in [6, 6.07) is 7.97. The molecule has 0 radical (unpaired) electrons. The van der Waals surface area contributed by atoms with Crippen molar-refractivity contribution in [2.75, 3.05) is 0 Å². The largest absolute Gasteiger partial charge is 0.490 e. The average Bonchev–Trinajstić information content (AvgIpc) is 2.87. The predicted molar refractivity (Wildman–Crippen MR) is 85.1 cm³/mol. The van der Waals surface area contributed by atoms with Crippen LogP contribution in [-0.4, -0.2) is 39.0 Å². The van der Waals surface area contributed by atoms with Crippen LogP contribution in [0.15, 0.2) is 49.1 Å². The Morgan fingerprint density at radius 3 is 2.43 bits per heavy atom. The second kappa shape index (κ2) is 5.99. The maximum Gasteiger partial charge on any atom is 0.255 e. The molecular weight excluding hydrogens is 290 g/mol. The number of nitrogens with zero attached hydrogens (tertiary/aromatic N) is 3. The highest BCUT2D eigenvalue weighted by molar-refractivity contribution is 5.94. The Morgan fingerprint density at radius 1 is 1.04 bits per heavy atom. The van der Waals surface area contributed by atoms with Crippen molar-refractivity contribution in [3.63, 3.8) is 0 Å². The molecule has 1 amide bonds. The van der Waals surface area contributed by atoms with Gasteiger partial charge in [-0.25, -0.2) is 0 Å². The van der Waals surface area contributed by atoms with Gasteiger partial charge in [-0.1, -0.05) is 0 Å². The average molecular weight is 309 g/mol. The van der Waals surface area contributed by atoms with Gasteiger partial charge < -0.3 is 9.64 Å². The second-order valence-corrected chi connectivity index (χ2v) is 6.23. The smallest absolute Gasteiger partial charge is 0.255 e. The van der Waals surface area contributed by atoms with Crippen molar-refractivity contribution in [3.05, 3.63) is 54.6 Å². The number of amides is 1. The Kier molecular flexibility index (Phi) is 3.69. The molecule has 4 rings (SSSR count). The molecule has 2 aromatic heterocycles. The zero-order chi connectivity index (χ0) is 15.6. The summed E-state index contributed by atoms with van der Waals surface area (Å²) in [7, 11) is 0. The molecule has 2 unspecified atom stereocenters. The highest BCUT2D eigenvalue weighted by Gasteiger charge is 2.44. The monoisotopic (exact) mass is 309 g/mol. The molecule has 0 N–H and O–H groups in total. The molecule has 2 fully saturated rings. The van der Waals surface area contributed by atoms with Crippen LogP contribution >= 0.6 is 0 Å². The van der Waals surface area contributed by atoms with E-state index in [0.29, 0.717) is 5.56 Å². The Hall–Kier alpha value is -2.43. The highest BCUT2D eigenvalue weighted by atomic mass is 16.5. The molecule has 2 atom stereocenters. The zero-order valence-electron chi connectivity index (χ0n) is 12.8. The van der Waals surface area contributed by atoms with E-state index in [1.807, 2.05) is 24.3 Å². The SMILES string of the molecule is O=C(c1cccnc1)N1C2CCC1CC(Oc1ccncc1)C2. The number of fused-ring (bicyclic) bond motifs is 2. The summed E-state index contributed by atoms with van der Waals surface area (Å²) in [6.45, 7) is 0. The third-order valence-electron chi connectivity index (χ3n) is 4.79. The van der Waals surface area contributed by atoms with Gasteiger partial charge in [0, 0.05) is 49.7 Å². The Labute approximate surface area is 135 Å². The summed E-state index contributed by atoms with van der Waals surface area (Å²) in [5, 5.41) is 0. The predicted octanol–water partition coefficient (Wildman–Crippen LogP) is 2.69. The van der Waals surface area contributed by atoms with Crippen molar-refractivity contribution in [2.24, 2.45) is 0 Å². The van der Waals surface area contributed by atoms with Crippen LogP contribution in [0.1, 0.15) is 36.0 Å². The minimum atomic E-state index is 0.105. The first-order valence-corrected chi connectivity index (χ1v) is 8.10. The molecule has 23 heavy (non-hydrogen) atoms. The van der Waals surface area contributed by atoms with E-state index in [9.17, 15) is 4.79 Å². The fraction of sp³-hybridized carbons (Fsp3) is 0.389. The highest BCUT2D eigenvalue weighted by Crippen LogP contribution is 2.38. The quantitative estimate of drug-likeness (QED) is 0.875. The van der Waals surface area contributed by atoms with Gasteiger partial charge in [-0.15, -0.1) is 0 Å². The lowest BCUT2D eigenvalue weighted by atomic mass is 9.98. The number of piperidine rings is 1. The molecule has 4 heterocycles. The fourth-order valence-corrected chi connectivity index (χ4v) is 3.80. The standard InChI is InChI=1S/C18H19N3O2/c22-18(13-2-1-7-20-12-13)21-14-3-4-15(21)11-17(10-14)23-16-5-8-19-9-6-16/h1-2,5-9,12,14-15,17H,3-4,10-11H2. The molecular formula is C18H19N3O2. The number of aromatic nitrogens is 2. The number of hydrogen-bond acceptors (Lipinski definition) is 4. The van der Waals surface area contributed by atoms with Crippen molar-refractivity contribution in [3.8, 4) is 5.75 Å². The molecule has 5 heteroatoms. The van der Waals surface area contributed by atoms with Crippen LogP contribution in [0.4, 0.5) is 0 Å². The summed E-state index contributed by atoms with van der Waals surface area (Å²) in [5.74, 6) is 0.962. The minimum Gasteiger partial charge on any atom is -0.490 e. The summed E-state index contributed by atoms with van der Waals surface area (Å²) in [6.07, 6.45) is 10.9. The first kappa shape index (κ1) is 14.2. The van der Waals surface area contributed by atoms with E-state index in [0.717, 1.165) is 31.4 Å². The Balaban J connectivity index is 1.47. The molecule has 2 bridgehead atoms. The van der Waals surface area contributed by atoms with E-state index in [1.54, 1.807) is 24.8 Å². The first-order valence-electron chi connectivity index (χ1n) is 8.10. The van der Waals surface area contributed by atoms with Gasteiger partial charge in [-0.05, 0) is 37.1 Å². The molecule has 118 valence electrons. The molecule has 5 nitrogen and oxygen atoms in total. The van der Waals surface area contributed by atoms with Crippen molar-refractivity contribution in [1.29, 1.82) is 0 Å². The van der Waals surface area contributed by atoms with E-state index in [2.05, 4.69) is 14.9 Å². The van der Waals surface area contributed by atoms with Gasteiger partial charge in [0.2, 0.25) is 0 Å². The van der Waals surface area contributed by atoms with Crippen LogP contribution in [0.2, 0.25) is 0 Å². The van der Waals surface area contributed by atoms with E-state index in [1.165, 1.54) is 0 Å². The number of ether oxygens (including phenoxy) is 1. The molecule has 2 saturated heterocycles. The van der Waals surface area contributed by atoms with Gasteiger partial charge in [-0.3, -0.25) is 14.8 Å². The van der Waals surface area contributed by atoms with E-state index in [4.69, 9.17) is 4.74 Å². The Bertz CT molecular complexity index is 663. The lowest BCUT2D eigenvalue weighted by Crippen LogP contribution is -2.49. The van der Waals surface area contributed by atoms with Gasteiger partial charge >= 0.3 is 0 Å². The lowest BCUT2D eigenvalue weighted by molar-refractivity contribution is 0.0358. The van der Waals surface area contributed by atoms with Crippen LogP contribution in [0, 0.1) is 0 Å². The van der Waals surface area contributed by atoms with Crippen molar-refractivity contribution in [1.82, 2.24) is 14.9 Å². The van der Waals surface area contributed by atoms with E-state index < -0.39 is 0 Å². The van der Waals surface area contributed by atoms with Gasteiger partial charge in [0.05, 0.1) is 5.56 Å². The van der Waals surface area contributed by atoms with Gasteiger partial charge in [0.15, 0.2) is 0 Å². The summed E-state index contributed by atoms with van der Waals surface area (Å²) >= 11 is 0. The van der Waals surface area contributed by atoms with Crippen molar-refractivity contribution < 1.29 is 9.53 Å². The summed E-state index contributed by atoms with van der Waals surface area (Å²) in [4.78, 5) is 22.9. The summed E-state index contributed by atoms with van der Waals surface area (Å²) in [5.41, 5.74) is 0.679. The molecule has 0 saturated carbocycles. The third kappa shape index (κ3) is 2.79. The van der Waals surface area contributed by atoms with Crippen LogP contribution in [0.5, 0.6) is 5.75 Å². The molecule has 2 aliphatic rings. The number of carbonyl (C=O) groups is 1. The zero-order valence-corrected chi connectivity index (χ0v) is 12.8. The van der Waals surface area contributed by atoms with Crippen LogP contribution in [-0.2, 0) is 0 Å². The van der Waals surface area contributed by atoms with Gasteiger partial charge in [0.25, 0.3) is 5.91 Å². The molecule has 0 spiro atoms. The molecule has 0 aliphatic carbocycles. The Morgan fingerprint density at radius 2 is 1.78 bits per heavy atom. The third-order valence-corrected chi connectivity index (χ3v) is 4.79. The molecule has 2 aromatic rings. The number of rotatable bonds is 3. The fourth-order valence-electron chi connectivity index (χ4n) is 3.80. The van der Waals surface area contributed by atoms with Crippen molar-refractivity contribution >= 4 is 5.91 Å². The minimum absolute atomic E-state index is 0.105. The molecule has 0 aromatic carbocycles. The van der Waals surface area contributed by atoms with Gasteiger partial charge in [0.1, 0.15) is 11.9 Å². The number of carbonyl (C=O) groups excluding carboxylic acids is 1. The van der Waals surface area contributed by atoms with E-state index in [-0.39, 0.29) is 24.1 Å². The number of pyridine rings is 2. The number of hydrogen-bond donors (Lipinski definition) is 0. The topological polar surface area (TPSA) is 55.3 Å². The van der Waals surface area contributed by atoms with Gasteiger partial charge in [-0.2, -0.15) is 0 Å². The van der Waals surface area contributed by atoms with Crippen LogP contribution in [0.25, 0.3) is 0 Å². The molecule has 2 aliphatic heterocycles. The van der Waals surface area contributed by atoms with Crippen molar-refractivity contribution in [2.45, 2.75) is 43.9 Å².